The molecule has 1 amide bonds. The Balaban J connectivity index is 1.34. The van der Waals surface area contributed by atoms with Gasteiger partial charge in [-0.05, 0) is 29.8 Å². The molecule has 0 saturated heterocycles. The lowest BCUT2D eigenvalue weighted by atomic mass is 10.2. The fourth-order valence-electron chi connectivity index (χ4n) is 3.77. The summed E-state index contributed by atoms with van der Waals surface area (Å²) >= 11 is 1.49. The molecule has 1 aliphatic rings. The van der Waals surface area contributed by atoms with E-state index in [1.54, 1.807) is 22.6 Å². The van der Waals surface area contributed by atoms with E-state index in [0.717, 1.165) is 17.0 Å². The van der Waals surface area contributed by atoms with Crippen LogP contribution in [0.15, 0.2) is 70.7 Å². The molecule has 1 atom stereocenters. The Morgan fingerprint density at radius 2 is 1.97 bits per heavy atom. The van der Waals surface area contributed by atoms with Crippen LogP contribution in [0.25, 0.3) is 16.7 Å². The van der Waals surface area contributed by atoms with Crippen molar-refractivity contribution in [3.63, 3.8) is 0 Å². The lowest BCUT2D eigenvalue weighted by Crippen LogP contribution is -2.30. The molecule has 4 aromatic rings. The highest BCUT2D eigenvalue weighted by molar-refractivity contribution is 7.99. The number of fused-ring (bicyclic) bond motifs is 2. The highest BCUT2D eigenvalue weighted by Crippen LogP contribution is 2.33. The molecule has 2 aromatic heterocycles. The van der Waals surface area contributed by atoms with E-state index in [9.17, 15) is 9.59 Å². The molecule has 1 unspecified atom stereocenters. The number of carbonyl (C=O) groups excluding carboxylic acids is 1. The fraction of sp³-hybridized carbons (Fsp3) is 0.217. The molecule has 32 heavy (non-hydrogen) atoms. The molecule has 2 aromatic carbocycles. The molecule has 0 spiro atoms. The third-order valence-corrected chi connectivity index (χ3v) is 6.54. The van der Waals surface area contributed by atoms with Gasteiger partial charge >= 0.3 is 0 Å². The van der Waals surface area contributed by atoms with Crippen molar-refractivity contribution in [2.45, 2.75) is 24.2 Å². The van der Waals surface area contributed by atoms with E-state index in [1.165, 1.54) is 11.8 Å². The SMILES string of the molecule is COc1ccc(CNC(=O)CC2CSc3nc4c(cnn4-c4ccccc4)c(=O)n32)cc1. The zero-order chi connectivity index (χ0) is 22.1. The Morgan fingerprint density at radius 3 is 2.72 bits per heavy atom. The van der Waals surface area contributed by atoms with Gasteiger partial charge in [-0.1, -0.05) is 42.1 Å². The minimum Gasteiger partial charge on any atom is -0.497 e. The zero-order valence-electron chi connectivity index (χ0n) is 17.4. The Bertz CT molecular complexity index is 1330. The first kappa shape index (κ1) is 20.3. The summed E-state index contributed by atoms with van der Waals surface area (Å²) in [6.45, 7) is 0.422. The zero-order valence-corrected chi connectivity index (χ0v) is 18.2. The molecule has 0 fully saturated rings. The van der Waals surface area contributed by atoms with E-state index in [4.69, 9.17) is 9.72 Å². The molecule has 0 radical (unpaired) electrons. The third-order valence-electron chi connectivity index (χ3n) is 5.44. The smallest absolute Gasteiger partial charge is 0.265 e. The molecule has 5 rings (SSSR count). The number of amides is 1. The van der Waals surface area contributed by atoms with Gasteiger partial charge in [-0.2, -0.15) is 5.10 Å². The Kier molecular flexibility index (Phi) is 5.40. The Hall–Kier alpha value is -3.59. The molecule has 1 aliphatic heterocycles. The van der Waals surface area contributed by atoms with Gasteiger partial charge < -0.3 is 10.1 Å². The second kappa shape index (κ2) is 8.51. The number of nitrogens with zero attached hydrogens (tertiary/aromatic N) is 4. The number of benzene rings is 2. The Labute approximate surface area is 188 Å². The molecular weight excluding hydrogens is 426 g/mol. The van der Waals surface area contributed by atoms with Crippen LogP contribution in [-0.2, 0) is 11.3 Å². The highest BCUT2D eigenvalue weighted by atomic mass is 32.2. The largest absolute Gasteiger partial charge is 0.497 e. The molecular formula is C23H21N5O3S. The predicted molar refractivity (Wildman–Crippen MR) is 122 cm³/mol. The summed E-state index contributed by atoms with van der Waals surface area (Å²) in [7, 11) is 1.62. The number of carbonyl (C=O) groups is 1. The lowest BCUT2D eigenvalue weighted by Gasteiger charge is -2.13. The number of aromatic nitrogens is 4. The first-order valence-electron chi connectivity index (χ1n) is 10.2. The van der Waals surface area contributed by atoms with Crippen molar-refractivity contribution in [3.05, 3.63) is 76.7 Å². The van der Waals surface area contributed by atoms with Crippen molar-refractivity contribution in [2.24, 2.45) is 0 Å². The van der Waals surface area contributed by atoms with Gasteiger partial charge in [-0.3, -0.25) is 14.2 Å². The lowest BCUT2D eigenvalue weighted by molar-refractivity contribution is -0.121. The van der Waals surface area contributed by atoms with E-state index in [0.29, 0.717) is 28.5 Å². The number of nitrogens with one attached hydrogen (secondary N) is 1. The van der Waals surface area contributed by atoms with Crippen molar-refractivity contribution in [1.82, 2.24) is 24.6 Å². The summed E-state index contributed by atoms with van der Waals surface area (Å²) in [6, 6.07) is 16.9. The molecule has 162 valence electrons. The number of hydrogen-bond donors (Lipinski definition) is 1. The molecule has 3 heterocycles. The summed E-state index contributed by atoms with van der Waals surface area (Å²) in [4.78, 5) is 30.5. The van der Waals surface area contributed by atoms with Crippen molar-refractivity contribution >= 4 is 28.7 Å². The van der Waals surface area contributed by atoms with Crippen LogP contribution in [0, 0.1) is 0 Å². The Morgan fingerprint density at radius 1 is 1.19 bits per heavy atom. The highest BCUT2D eigenvalue weighted by Gasteiger charge is 2.29. The maximum Gasteiger partial charge on any atom is 0.265 e. The predicted octanol–water partition coefficient (Wildman–Crippen LogP) is 2.94. The van der Waals surface area contributed by atoms with Crippen LogP contribution in [0.3, 0.4) is 0 Å². The van der Waals surface area contributed by atoms with Gasteiger partial charge in [0, 0.05) is 18.7 Å². The summed E-state index contributed by atoms with van der Waals surface area (Å²) in [5, 5.41) is 8.37. The summed E-state index contributed by atoms with van der Waals surface area (Å²) < 4.78 is 8.46. The van der Waals surface area contributed by atoms with Crippen molar-refractivity contribution in [2.75, 3.05) is 12.9 Å². The maximum absolute atomic E-state index is 13.2. The van der Waals surface area contributed by atoms with Gasteiger partial charge in [0.2, 0.25) is 5.91 Å². The van der Waals surface area contributed by atoms with E-state index >= 15 is 0 Å². The van der Waals surface area contributed by atoms with Crippen molar-refractivity contribution < 1.29 is 9.53 Å². The normalized spacial score (nSPS) is 15.0. The molecule has 8 nitrogen and oxygen atoms in total. The van der Waals surface area contributed by atoms with E-state index < -0.39 is 0 Å². The van der Waals surface area contributed by atoms with Crippen LogP contribution in [-0.4, -0.2) is 38.1 Å². The number of ether oxygens (including phenoxy) is 1. The van der Waals surface area contributed by atoms with Crippen molar-refractivity contribution in [3.8, 4) is 11.4 Å². The summed E-state index contributed by atoms with van der Waals surface area (Å²) in [5.74, 6) is 1.29. The van der Waals surface area contributed by atoms with E-state index in [-0.39, 0.29) is 23.9 Å². The first-order valence-corrected chi connectivity index (χ1v) is 11.2. The second-order valence-electron chi connectivity index (χ2n) is 7.49. The maximum atomic E-state index is 13.2. The topological polar surface area (TPSA) is 91.0 Å². The van der Waals surface area contributed by atoms with E-state index in [2.05, 4.69) is 10.4 Å². The molecule has 0 bridgehead atoms. The molecule has 9 heteroatoms. The van der Waals surface area contributed by atoms with Crippen molar-refractivity contribution in [1.29, 1.82) is 0 Å². The third kappa shape index (κ3) is 3.75. The van der Waals surface area contributed by atoms with Gasteiger partial charge in [0.15, 0.2) is 10.8 Å². The van der Waals surface area contributed by atoms with Crippen LogP contribution < -0.4 is 15.6 Å². The van der Waals surface area contributed by atoms with Crippen LogP contribution in [0.2, 0.25) is 0 Å². The molecule has 0 saturated carbocycles. The number of para-hydroxylation sites is 1. The fourth-order valence-corrected chi connectivity index (χ4v) is 4.90. The van der Waals surface area contributed by atoms with Gasteiger partial charge in [0.05, 0.1) is 25.0 Å². The van der Waals surface area contributed by atoms with Crippen LogP contribution in [0.4, 0.5) is 0 Å². The minimum atomic E-state index is -0.240. The van der Waals surface area contributed by atoms with Crippen LogP contribution >= 0.6 is 11.8 Å². The monoisotopic (exact) mass is 447 g/mol. The van der Waals surface area contributed by atoms with Gasteiger partial charge in [0.1, 0.15) is 11.1 Å². The quantitative estimate of drug-likeness (QED) is 0.457. The average molecular weight is 448 g/mol. The minimum absolute atomic E-state index is 0.105. The first-order chi connectivity index (χ1) is 15.6. The summed E-state index contributed by atoms with van der Waals surface area (Å²) in [6.07, 6.45) is 1.77. The molecule has 0 aliphatic carbocycles. The van der Waals surface area contributed by atoms with E-state index in [1.807, 2.05) is 54.6 Å². The van der Waals surface area contributed by atoms with Crippen LogP contribution in [0.1, 0.15) is 18.0 Å². The number of hydrogen-bond acceptors (Lipinski definition) is 6. The van der Waals surface area contributed by atoms with Gasteiger partial charge in [-0.25, -0.2) is 9.67 Å². The van der Waals surface area contributed by atoms with Gasteiger partial charge in [0.25, 0.3) is 5.56 Å². The number of rotatable bonds is 6. The number of methoxy groups -OCH3 is 1. The number of thioether (sulfide) groups is 1. The average Bonchev–Trinajstić information content (AvgIpc) is 3.43. The van der Waals surface area contributed by atoms with Crippen LogP contribution in [0.5, 0.6) is 5.75 Å². The van der Waals surface area contributed by atoms with Gasteiger partial charge in [-0.15, -0.1) is 0 Å². The standard InChI is InChI=1S/C23H21N5O3S/c1-31-18-9-7-15(8-10-18)12-24-20(29)11-17-14-32-23-26-21-19(22(30)27(17)23)13-25-28(21)16-5-3-2-4-6-16/h2-10,13,17H,11-12,14H2,1H3,(H,24,29). The second-order valence-corrected chi connectivity index (χ2v) is 8.48. The molecule has 1 N–H and O–H groups in total. The summed E-state index contributed by atoms with van der Waals surface area (Å²) in [5.41, 5.74) is 2.20.